The zero-order valence-electron chi connectivity index (χ0n) is 21.2. The molecule has 38 heavy (non-hydrogen) atoms. The van der Waals surface area contributed by atoms with Crippen molar-refractivity contribution in [2.75, 3.05) is 18.9 Å². The van der Waals surface area contributed by atoms with Crippen LogP contribution >= 0.6 is 0 Å². The maximum Gasteiger partial charge on any atom is 0.266 e. The largest absolute Gasteiger partial charge is 0.381 e. The van der Waals surface area contributed by atoms with E-state index in [9.17, 15) is 31.5 Å². The van der Waals surface area contributed by atoms with Gasteiger partial charge in [-0.3, -0.25) is 9.59 Å². The second-order valence-electron chi connectivity index (χ2n) is 10.9. The van der Waals surface area contributed by atoms with Crippen molar-refractivity contribution in [2.45, 2.75) is 81.5 Å². The predicted octanol–water partition coefficient (Wildman–Crippen LogP) is 5.21. The van der Waals surface area contributed by atoms with Gasteiger partial charge in [0.1, 0.15) is 11.4 Å². The molecule has 0 radical (unpaired) electrons. The maximum atomic E-state index is 14.7. The average molecular weight is 539 g/mol. The topological polar surface area (TPSA) is 66.4 Å². The Labute approximate surface area is 217 Å². The van der Waals surface area contributed by atoms with Crippen LogP contribution in [-0.4, -0.2) is 47.0 Å². The van der Waals surface area contributed by atoms with Crippen LogP contribution in [0.15, 0.2) is 35.3 Å². The number of nitrogens with one attached hydrogen (secondary N) is 2. The molecule has 2 heterocycles. The highest BCUT2D eigenvalue weighted by atomic mass is 19.3. The third kappa shape index (κ3) is 4.69. The van der Waals surface area contributed by atoms with E-state index >= 15 is 0 Å². The zero-order chi connectivity index (χ0) is 27.4. The smallest absolute Gasteiger partial charge is 0.266 e. The first kappa shape index (κ1) is 26.6. The molecule has 11 heteroatoms. The highest BCUT2D eigenvalue weighted by Gasteiger charge is 2.54. The summed E-state index contributed by atoms with van der Waals surface area (Å²) in [6.07, 6.45) is -0.727. The van der Waals surface area contributed by atoms with Gasteiger partial charge in [0.15, 0.2) is 0 Å². The van der Waals surface area contributed by atoms with Crippen LogP contribution < -0.4 is 16.2 Å². The lowest BCUT2D eigenvalue weighted by molar-refractivity contribution is 0.0648. The van der Waals surface area contributed by atoms with Crippen molar-refractivity contribution in [3.05, 3.63) is 63.3 Å². The summed E-state index contributed by atoms with van der Waals surface area (Å²) in [5.41, 5.74) is -2.91. The van der Waals surface area contributed by atoms with Gasteiger partial charge in [-0.05, 0) is 52.5 Å². The van der Waals surface area contributed by atoms with Gasteiger partial charge in [-0.25, -0.2) is 22.0 Å². The molecule has 6 nitrogen and oxygen atoms in total. The Balaban J connectivity index is 1.46. The van der Waals surface area contributed by atoms with Crippen molar-refractivity contribution in [3.8, 4) is 0 Å². The van der Waals surface area contributed by atoms with Crippen LogP contribution in [0.25, 0.3) is 0 Å². The summed E-state index contributed by atoms with van der Waals surface area (Å²) in [5, 5.41) is 5.91. The van der Waals surface area contributed by atoms with E-state index in [4.69, 9.17) is 0 Å². The van der Waals surface area contributed by atoms with E-state index in [1.165, 1.54) is 25.1 Å². The van der Waals surface area contributed by atoms with Gasteiger partial charge in [0.25, 0.3) is 24.3 Å². The number of likely N-dealkylation sites (tertiary alicyclic amines) is 1. The Hall–Kier alpha value is -2.95. The lowest BCUT2D eigenvalue weighted by Crippen LogP contribution is -2.46. The third-order valence-corrected chi connectivity index (χ3v) is 8.49. The third-order valence-electron chi connectivity index (χ3n) is 8.49. The molecule has 5 rings (SSSR count). The quantitative estimate of drug-likeness (QED) is 0.453. The van der Waals surface area contributed by atoms with E-state index in [-0.39, 0.29) is 41.2 Å². The molecule has 2 aliphatic carbocycles. The molecule has 1 saturated heterocycles. The number of piperidine rings is 1. The van der Waals surface area contributed by atoms with Gasteiger partial charge in [0, 0.05) is 36.0 Å². The fourth-order valence-corrected chi connectivity index (χ4v) is 5.67. The van der Waals surface area contributed by atoms with Crippen LogP contribution in [0.2, 0.25) is 0 Å². The highest BCUT2D eigenvalue weighted by molar-refractivity contribution is 5.99. The molecular weight excluding hydrogens is 507 g/mol. The molecule has 2 atom stereocenters. The molecule has 0 bridgehead atoms. The summed E-state index contributed by atoms with van der Waals surface area (Å²) >= 11 is 0. The number of carbonyl (C=O) groups excluding carboxylic acids is 1. The van der Waals surface area contributed by atoms with Gasteiger partial charge in [0.2, 0.25) is 0 Å². The number of benzene rings is 1. The Kier molecular flexibility index (Phi) is 6.77. The van der Waals surface area contributed by atoms with E-state index in [0.717, 1.165) is 49.1 Å². The van der Waals surface area contributed by atoms with Gasteiger partial charge in [-0.15, -0.1) is 0 Å². The molecule has 1 aliphatic heterocycles. The van der Waals surface area contributed by atoms with Crippen molar-refractivity contribution >= 4 is 11.6 Å². The first-order valence-electron chi connectivity index (χ1n) is 12.9. The number of anilines is 1. The second-order valence-corrected chi connectivity index (χ2v) is 10.9. The second kappa shape index (κ2) is 9.66. The molecule has 206 valence electrons. The predicted molar refractivity (Wildman–Crippen MR) is 132 cm³/mol. The van der Waals surface area contributed by atoms with Crippen LogP contribution in [0.1, 0.15) is 79.4 Å². The molecule has 1 spiro atoms. The Bertz CT molecular complexity index is 1290. The minimum absolute atomic E-state index is 0.0296. The summed E-state index contributed by atoms with van der Waals surface area (Å²) in [6.45, 7) is 2.28. The van der Waals surface area contributed by atoms with Crippen molar-refractivity contribution in [1.29, 1.82) is 0 Å². The Morgan fingerprint density at radius 3 is 2.39 bits per heavy atom. The van der Waals surface area contributed by atoms with Gasteiger partial charge < -0.3 is 20.1 Å². The zero-order valence-corrected chi connectivity index (χ0v) is 21.2. The number of rotatable bonds is 8. The van der Waals surface area contributed by atoms with Crippen LogP contribution in [-0.2, 0) is 5.54 Å². The number of alkyl halides is 4. The average Bonchev–Trinajstić information content (AvgIpc) is 3.78. The molecule has 1 amide bonds. The number of hydrogen-bond donors (Lipinski definition) is 2. The van der Waals surface area contributed by atoms with Crippen LogP contribution in [0.4, 0.5) is 27.6 Å². The van der Waals surface area contributed by atoms with Crippen molar-refractivity contribution in [1.82, 2.24) is 14.8 Å². The normalized spacial score (nSPS) is 22.5. The Morgan fingerprint density at radius 1 is 1.11 bits per heavy atom. The molecular formula is C27H31F5N4O2. The van der Waals surface area contributed by atoms with Crippen molar-refractivity contribution in [3.63, 3.8) is 0 Å². The summed E-state index contributed by atoms with van der Waals surface area (Å²) in [5.74, 6) is -1.84. The molecule has 2 aromatic rings. The highest BCUT2D eigenvalue weighted by Crippen LogP contribution is 2.49. The minimum atomic E-state index is -3.02. The fourth-order valence-electron chi connectivity index (χ4n) is 5.67. The molecule has 1 aromatic carbocycles. The monoisotopic (exact) mass is 538 g/mol. The number of carbonyl (C=O) groups is 1. The summed E-state index contributed by atoms with van der Waals surface area (Å²) < 4.78 is 69.8. The van der Waals surface area contributed by atoms with Gasteiger partial charge in [-0.1, -0.05) is 18.2 Å². The van der Waals surface area contributed by atoms with E-state index in [1.54, 1.807) is 0 Å². The molecule has 3 fully saturated rings. The van der Waals surface area contributed by atoms with Gasteiger partial charge >= 0.3 is 0 Å². The number of nitrogens with zero attached hydrogens (tertiary/aromatic N) is 2. The number of amides is 1. The van der Waals surface area contributed by atoms with Crippen molar-refractivity contribution in [2.24, 2.45) is 0 Å². The number of aromatic nitrogens is 1. The lowest BCUT2D eigenvalue weighted by Gasteiger charge is -2.38. The first-order valence-corrected chi connectivity index (χ1v) is 12.9. The number of halogens is 5. The number of pyridine rings is 1. The SMILES string of the molecule is C[C@@H](NC(=O)c1cn(C2(C(F)F)CC2)c(=O)cc1N[C@@H]1CCN(C)C2(CC2)C1)c1cccc(C(F)F)c1F. The molecule has 3 aliphatic rings. The molecule has 1 aromatic heterocycles. The molecule has 0 unspecified atom stereocenters. The van der Waals surface area contributed by atoms with Crippen LogP contribution in [0, 0.1) is 5.82 Å². The summed E-state index contributed by atoms with van der Waals surface area (Å²) in [4.78, 5) is 28.7. The summed E-state index contributed by atoms with van der Waals surface area (Å²) in [6, 6.07) is 3.70. The maximum absolute atomic E-state index is 14.7. The standard InChI is InChI=1S/C27H31F5N4O2/c1-15(17-4-3-5-18(22(17)28)23(29)30)33-24(38)19-14-36(27(9-10-27)25(31)32)21(37)12-20(19)34-16-6-11-35(2)26(13-16)7-8-26/h3-5,12,14-16,23,25,34H,6-11,13H2,1-2H3,(H,33,38)/t15-,16-/m1/s1. The van der Waals surface area contributed by atoms with Gasteiger partial charge in [-0.2, -0.15) is 0 Å². The van der Waals surface area contributed by atoms with E-state index in [1.807, 2.05) is 0 Å². The Morgan fingerprint density at radius 2 is 1.79 bits per heavy atom. The number of hydrogen-bond acceptors (Lipinski definition) is 4. The fraction of sp³-hybridized carbons (Fsp3) is 0.556. The van der Waals surface area contributed by atoms with E-state index in [2.05, 4.69) is 22.6 Å². The lowest BCUT2D eigenvalue weighted by atomic mass is 9.95. The van der Waals surface area contributed by atoms with Crippen LogP contribution in [0.5, 0.6) is 0 Å². The van der Waals surface area contributed by atoms with E-state index < -0.39 is 47.3 Å². The summed E-state index contributed by atoms with van der Waals surface area (Å²) in [7, 11) is 2.08. The molecule has 2 saturated carbocycles. The molecule has 2 N–H and O–H groups in total. The minimum Gasteiger partial charge on any atom is -0.381 e. The van der Waals surface area contributed by atoms with E-state index in [0.29, 0.717) is 0 Å². The first-order chi connectivity index (χ1) is 18.0. The van der Waals surface area contributed by atoms with Crippen molar-refractivity contribution < 1.29 is 26.7 Å². The van der Waals surface area contributed by atoms with Crippen LogP contribution in [0.3, 0.4) is 0 Å². The van der Waals surface area contributed by atoms with Gasteiger partial charge in [0.05, 0.1) is 22.9 Å².